The van der Waals surface area contributed by atoms with E-state index in [0.717, 1.165) is 23.1 Å². The van der Waals surface area contributed by atoms with E-state index in [9.17, 15) is 0 Å². The second-order valence-corrected chi connectivity index (χ2v) is 6.01. The van der Waals surface area contributed by atoms with Gasteiger partial charge >= 0.3 is 0 Å². The van der Waals surface area contributed by atoms with E-state index >= 15 is 0 Å². The van der Waals surface area contributed by atoms with Crippen molar-refractivity contribution in [2.75, 3.05) is 14.1 Å². The van der Waals surface area contributed by atoms with Crippen LogP contribution in [0.1, 0.15) is 24.9 Å². The summed E-state index contributed by atoms with van der Waals surface area (Å²) >= 11 is 6.89. The Morgan fingerprint density at radius 2 is 2.22 bits per heavy atom. The summed E-state index contributed by atoms with van der Waals surface area (Å²) in [6.07, 6.45) is 0. The first kappa shape index (κ1) is 13.4. The third-order valence-electron chi connectivity index (χ3n) is 2.45. The number of H-pyrrole nitrogens is 1. The Bertz CT molecular complexity index is 578. The fourth-order valence-electron chi connectivity index (χ4n) is 1.72. The van der Waals surface area contributed by atoms with Gasteiger partial charge in [-0.2, -0.15) is 5.10 Å². The largest absolute Gasteiger partial charge is 0.303 e. The highest BCUT2D eigenvalue weighted by molar-refractivity contribution is 7.71. The molecule has 2 heterocycles. The molecule has 0 amide bonds. The Kier molecular flexibility index (Phi) is 3.94. The van der Waals surface area contributed by atoms with Gasteiger partial charge in [-0.1, -0.05) is 0 Å². The normalized spacial score (nSPS) is 11.7. The number of aromatic nitrogens is 4. The highest BCUT2D eigenvalue weighted by atomic mass is 32.1. The van der Waals surface area contributed by atoms with Crippen LogP contribution in [-0.4, -0.2) is 38.7 Å². The second kappa shape index (κ2) is 5.29. The van der Waals surface area contributed by atoms with Crippen molar-refractivity contribution in [2.24, 2.45) is 0 Å². The summed E-state index contributed by atoms with van der Waals surface area (Å²) in [6.45, 7) is 5.02. The Morgan fingerprint density at radius 1 is 1.50 bits per heavy atom. The average molecular weight is 283 g/mol. The Hall–Kier alpha value is -1.05. The lowest BCUT2D eigenvalue weighted by Crippen LogP contribution is -2.10. The van der Waals surface area contributed by atoms with Crippen LogP contribution in [0.3, 0.4) is 0 Å². The maximum Gasteiger partial charge on any atom is 0.195 e. The predicted molar refractivity (Wildman–Crippen MR) is 76.3 cm³/mol. The van der Waals surface area contributed by atoms with Crippen LogP contribution >= 0.6 is 23.6 Å². The second-order valence-electron chi connectivity index (χ2n) is 4.68. The first-order chi connectivity index (χ1) is 8.49. The Morgan fingerprint density at radius 3 is 2.83 bits per heavy atom. The zero-order valence-corrected chi connectivity index (χ0v) is 12.6. The summed E-state index contributed by atoms with van der Waals surface area (Å²) in [5.41, 5.74) is 0.887. The Labute approximate surface area is 115 Å². The predicted octanol–water partition coefficient (Wildman–Crippen LogP) is 2.71. The number of hydrogen-bond acceptors (Lipinski definition) is 5. The first-order valence-electron chi connectivity index (χ1n) is 5.75. The molecule has 0 bridgehead atoms. The zero-order chi connectivity index (χ0) is 13.3. The maximum absolute atomic E-state index is 5.24. The fraction of sp³-hybridized carbons (Fsp3) is 0.545. The minimum absolute atomic E-state index is 0.269. The van der Waals surface area contributed by atoms with Gasteiger partial charge in [-0.3, -0.25) is 9.67 Å². The number of nitrogens with zero attached hydrogens (tertiary/aromatic N) is 4. The van der Waals surface area contributed by atoms with Crippen molar-refractivity contribution in [3.8, 4) is 11.5 Å². The summed E-state index contributed by atoms with van der Waals surface area (Å²) in [6, 6.07) is 0.269. The van der Waals surface area contributed by atoms with Crippen molar-refractivity contribution < 1.29 is 0 Å². The molecule has 2 rings (SSSR count). The highest BCUT2D eigenvalue weighted by Gasteiger charge is 2.14. The minimum atomic E-state index is 0.269. The van der Waals surface area contributed by atoms with Crippen molar-refractivity contribution >= 4 is 23.6 Å². The molecular weight excluding hydrogens is 266 g/mol. The fourth-order valence-corrected chi connectivity index (χ4v) is 2.95. The van der Waals surface area contributed by atoms with Gasteiger partial charge in [0.15, 0.2) is 10.6 Å². The van der Waals surface area contributed by atoms with E-state index in [4.69, 9.17) is 12.2 Å². The average Bonchev–Trinajstić information content (AvgIpc) is 2.83. The molecule has 5 nitrogen and oxygen atoms in total. The number of thiazole rings is 1. The van der Waals surface area contributed by atoms with Crippen LogP contribution in [0.15, 0.2) is 5.38 Å². The van der Waals surface area contributed by atoms with Crippen LogP contribution in [-0.2, 0) is 6.54 Å². The van der Waals surface area contributed by atoms with Gasteiger partial charge in [-0.05, 0) is 40.2 Å². The standard InChI is InChI=1S/C11H17N5S2/c1-7(2)16-10(13-14-11(16)17)8-6-18-9(12-8)5-15(3)4/h6-7H,5H2,1-4H3,(H,14,17). The van der Waals surface area contributed by atoms with Gasteiger partial charge < -0.3 is 4.90 Å². The maximum atomic E-state index is 5.24. The van der Waals surface area contributed by atoms with Gasteiger partial charge in [0, 0.05) is 18.0 Å². The molecular formula is C11H17N5S2. The van der Waals surface area contributed by atoms with Crippen LogP contribution in [0.5, 0.6) is 0 Å². The summed E-state index contributed by atoms with van der Waals surface area (Å²) in [5.74, 6) is 0.816. The van der Waals surface area contributed by atoms with Crippen molar-refractivity contribution in [3.63, 3.8) is 0 Å². The lowest BCUT2D eigenvalue weighted by molar-refractivity contribution is 0.401. The molecule has 0 aliphatic heterocycles. The lowest BCUT2D eigenvalue weighted by atomic mass is 10.3. The highest BCUT2D eigenvalue weighted by Crippen LogP contribution is 2.23. The zero-order valence-electron chi connectivity index (χ0n) is 11.0. The van der Waals surface area contributed by atoms with Crippen molar-refractivity contribution in [1.29, 1.82) is 0 Å². The van der Waals surface area contributed by atoms with Gasteiger partial charge in [0.25, 0.3) is 0 Å². The van der Waals surface area contributed by atoms with Gasteiger partial charge in [0.05, 0.1) is 0 Å². The van der Waals surface area contributed by atoms with E-state index in [-0.39, 0.29) is 6.04 Å². The topological polar surface area (TPSA) is 49.7 Å². The van der Waals surface area contributed by atoms with E-state index in [2.05, 4.69) is 33.9 Å². The smallest absolute Gasteiger partial charge is 0.195 e. The van der Waals surface area contributed by atoms with E-state index in [0.29, 0.717) is 4.77 Å². The molecule has 7 heteroatoms. The van der Waals surface area contributed by atoms with Crippen LogP contribution in [0.4, 0.5) is 0 Å². The van der Waals surface area contributed by atoms with Gasteiger partial charge in [-0.15, -0.1) is 11.3 Å². The molecule has 0 atom stereocenters. The molecule has 0 aromatic carbocycles. The van der Waals surface area contributed by atoms with E-state index < -0.39 is 0 Å². The van der Waals surface area contributed by atoms with Crippen LogP contribution in [0.25, 0.3) is 11.5 Å². The quantitative estimate of drug-likeness (QED) is 0.877. The summed E-state index contributed by atoms with van der Waals surface area (Å²) < 4.78 is 2.63. The molecule has 2 aromatic rings. The van der Waals surface area contributed by atoms with Gasteiger partial charge in [-0.25, -0.2) is 4.98 Å². The summed E-state index contributed by atoms with van der Waals surface area (Å²) in [4.78, 5) is 6.70. The third-order valence-corrected chi connectivity index (χ3v) is 3.57. The molecule has 0 aliphatic carbocycles. The monoisotopic (exact) mass is 283 g/mol. The molecule has 0 saturated heterocycles. The number of nitrogens with one attached hydrogen (secondary N) is 1. The van der Waals surface area contributed by atoms with Crippen molar-refractivity contribution in [2.45, 2.75) is 26.4 Å². The minimum Gasteiger partial charge on any atom is -0.303 e. The third kappa shape index (κ3) is 2.68. The number of aromatic amines is 1. The Balaban J connectivity index is 2.37. The van der Waals surface area contributed by atoms with Crippen LogP contribution in [0.2, 0.25) is 0 Å². The molecule has 0 radical (unpaired) electrons. The van der Waals surface area contributed by atoms with Gasteiger partial charge in [0.1, 0.15) is 10.7 Å². The van der Waals surface area contributed by atoms with Gasteiger partial charge in [0.2, 0.25) is 0 Å². The summed E-state index contributed by atoms with van der Waals surface area (Å²) in [7, 11) is 4.07. The SMILES string of the molecule is CC(C)n1c(-c2csc(CN(C)C)n2)n[nH]c1=S. The molecule has 0 saturated carbocycles. The molecule has 2 aromatic heterocycles. The van der Waals surface area contributed by atoms with E-state index in [1.54, 1.807) is 11.3 Å². The molecule has 18 heavy (non-hydrogen) atoms. The molecule has 0 aliphatic rings. The lowest BCUT2D eigenvalue weighted by Gasteiger charge is -2.08. The first-order valence-corrected chi connectivity index (χ1v) is 7.04. The van der Waals surface area contributed by atoms with Crippen LogP contribution < -0.4 is 0 Å². The molecule has 98 valence electrons. The van der Waals surface area contributed by atoms with Crippen molar-refractivity contribution in [1.82, 2.24) is 24.6 Å². The summed E-state index contributed by atoms with van der Waals surface area (Å²) in [5, 5.41) is 10.2. The number of hydrogen-bond donors (Lipinski definition) is 1. The van der Waals surface area contributed by atoms with E-state index in [1.807, 2.05) is 24.0 Å². The molecule has 0 fully saturated rings. The van der Waals surface area contributed by atoms with Crippen molar-refractivity contribution in [3.05, 3.63) is 15.2 Å². The molecule has 0 unspecified atom stereocenters. The number of rotatable bonds is 4. The molecule has 0 spiro atoms. The molecule has 1 N–H and O–H groups in total. The van der Waals surface area contributed by atoms with Crippen LogP contribution in [0, 0.1) is 4.77 Å². The van der Waals surface area contributed by atoms with E-state index in [1.165, 1.54) is 0 Å².